The van der Waals surface area contributed by atoms with Crippen molar-refractivity contribution >= 4 is 11.8 Å². The molecule has 0 bridgehead atoms. The summed E-state index contributed by atoms with van der Waals surface area (Å²) in [5.41, 5.74) is 0.434. The predicted octanol–water partition coefficient (Wildman–Crippen LogP) is 1.37. The van der Waals surface area contributed by atoms with Gasteiger partial charge in [-0.2, -0.15) is 0 Å². The van der Waals surface area contributed by atoms with E-state index in [4.69, 9.17) is 14.2 Å². The number of nitrogens with zero attached hydrogens (tertiary/aromatic N) is 1. The molecular weight excluding hydrogens is 262 g/mol. The zero-order valence-electron chi connectivity index (χ0n) is 12.4. The quantitative estimate of drug-likeness (QED) is 0.446. The van der Waals surface area contributed by atoms with Crippen molar-refractivity contribution in [1.82, 2.24) is 4.90 Å². The summed E-state index contributed by atoms with van der Waals surface area (Å²) in [5, 5.41) is 0. The Balaban J connectivity index is 3.24. The van der Waals surface area contributed by atoms with Crippen LogP contribution in [0.5, 0.6) is 17.2 Å². The summed E-state index contributed by atoms with van der Waals surface area (Å²) in [7, 11) is 6.48. The molecule has 0 radical (unpaired) electrons. The van der Waals surface area contributed by atoms with Crippen LogP contribution in [0.2, 0.25) is 0 Å². The van der Waals surface area contributed by atoms with Gasteiger partial charge in [0, 0.05) is 12.5 Å². The fraction of sp³-hybridized carbons (Fsp3) is 0.429. The maximum Gasteiger partial charge on any atom is 0.308 e. The van der Waals surface area contributed by atoms with Gasteiger partial charge in [-0.15, -0.1) is 0 Å². The summed E-state index contributed by atoms with van der Waals surface area (Å²) in [6, 6.07) is 3.07. The third-order valence-corrected chi connectivity index (χ3v) is 2.49. The SMILES string of the molecule is COc1cc(C(=O)CN(C)C)cc(OC)c1OC(C)=O. The molecule has 0 aliphatic rings. The van der Waals surface area contributed by atoms with Crippen LogP contribution in [0.15, 0.2) is 12.1 Å². The standard InChI is InChI=1S/C14H19NO5/c1-9(16)20-14-12(18-4)6-10(7-13(14)19-5)11(17)8-15(2)3/h6-7H,8H2,1-5H3. The molecule has 0 unspecified atom stereocenters. The number of rotatable bonds is 6. The van der Waals surface area contributed by atoms with E-state index < -0.39 is 5.97 Å². The van der Waals surface area contributed by atoms with Gasteiger partial charge in [0.05, 0.1) is 20.8 Å². The van der Waals surface area contributed by atoms with E-state index in [0.717, 1.165) is 0 Å². The molecule has 0 saturated carbocycles. The third kappa shape index (κ3) is 3.96. The zero-order valence-corrected chi connectivity index (χ0v) is 12.4. The van der Waals surface area contributed by atoms with E-state index in [2.05, 4.69) is 0 Å². The average molecular weight is 281 g/mol. The normalized spacial score (nSPS) is 10.3. The minimum atomic E-state index is -0.492. The first kappa shape index (κ1) is 16.0. The Morgan fingerprint density at radius 3 is 1.95 bits per heavy atom. The number of hydrogen-bond donors (Lipinski definition) is 0. The van der Waals surface area contributed by atoms with Gasteiger partial charge in [-0.25, -0.2) is 0 Å². The molecule has 20 heavy (non-hydrogen) atoms. The molecule has 0 amide bonds. The fourth-order valence-electron chi connectivity index (χ4n) is 1.66. The van der Waals surface area contributed by atoms with Crippen molar-refractivity contribution in [2.24, 2.45) is 0 Å². The highest BCUT2D eigenvalue weighted by molar-refractivity contribution is 5.99. The first-order valence-electron chi connectivity index (χ1n) is 6.01. The number of hydrogen-bond acceptors (Lipinski definition) is 6. The molecule has 0 saturated heterocycles. The third-order valence-electron chi connectivity index (χ3n) is 2.49. The van der Waals surface area contributed by atoms with Crippen LogP contribution in [0, 0.1) is 0 Å². The van der Waals surface area contributed by atoms with Gasteiger partial charge in [0.25, 0.3) is 0 Å². The topological polar surface area (TPSA) is 65.1 Å². The van der Waals surface area contributed by atoms with E-state index in [1.807, 2.05) is 0 Å². The Morgan fingerprint density at radius 2 is 1.60 bits per heavy atom. The Morgan fingerprint density at radius 1 is 1.10 bits per heavy atom. The molecule has 6 heteroatoms. The molecule has 0 heterocycles. The summed E-state index contributed by atoms with van der Waals surface area (Å²) in [6.45, 7) is 1.54. The molecule has 0 fully saturated rings. The number of benzene rings is 1. The minimum Gasteiger partial charge on any atom is -0.493 e. The van der Waals surface area contributed by atoms with E-state index >= 15 is 0 Å². The lowest BCUT2D eigenvalue weighted by Crippen LogP contribution is -2.21. The summed E-state index contributed by atoms with van der Waals surface area (Å²) in [4.78, 5) is 24.9. The first-order valence-corrected chi connectivity index (χ1v) is 6.01. The van der Waals surface area contributed by atoms with Crippen LogP contribution < -0.4 is 14.2 Å². The fourth-order valence-corrected chi connectivity index (χ4v) is 1.66. The van der Waals surface area contributed by atoms with Crippen LogP contribution in [0.25, 0.3) is 0 Å². The van der Waals surface area contributed by atoms with E-state index in [-0.39, 0.29) is 29.6 Å². The molecule has 1 rings (SSSR count). The lowest BCUT2D eigenvalue weighted by Gasteiger charge is -2.15. The van der Waals surface area contributed by atoms with E-state index in [1.54, 1.807) is 19.0 Å². The zero-order chi connectivity index (χ0) is 15.3. The molecule has 0 aliphatic heterocycles. The highest BCUT2D eigenvalue weighted by Gasteiger charge is 2.19. The van der Waals surface area contributed by atoms with Crippen LogP contribution in [0.3, 0.4) is 0 Å². The van der Waals surface area contributed by atoms with Crippen molar-refractivity contribution in [1.29, 1.82) is 0 Å². The maximum absolute atomic E-state index is 12.1. The lowest BCUT2D eigenvalue weighted by molar-refractivity contribution is -0.132. The largest absolute Gasteiger partial charge is 0.493 e. The summed E-state index contributed by atoms with van der Waals surface area (Å²) in [5.74, 6) is 0.155. The summed E-state index contributed by atoms with van der Waals surface area (Å²) in [6.07, 6.45) is 0. The first-order chi connectivity index (χ1) is 9.38. The van der Waals surface area contributed by atoms with Gasteiger partial charge in [-0.3, -0.25) is 9.59 Å². The molecule has 0 spiro atoms. The van der Waals surface area contributed by atoms with Crippen molar-refractivity contribution in [3.63, 3.8) is 0 Å². The smallest absolute Gasteiger partial charge is 0.308 e. The number of esters is 1. The second-order valence-corrected chi connectivity index (χ2v) is 4.46. The predicted molar refractivity (Wildman–Crippen MR) is 73.7 cm³/mol. The molecule has 0 aromatic heterocycles. The number of likely N-dealkylation sites (N-methyl/N-ethyl adjacent to an activating group) is 1. The monoisotopic (exact) mass is 281 g/mol. The molecule has 0 N–H and O–H groups in total. The number of carbonyl (C=O) groups excluding carboxylic acids is 2. The van der Waals surface area contributed by atoms with Crippen molar-refractivity contribution < 1.29 is 23.8 Å². The highest BCUT2D eigenvalue weighted by atomic mass is 16.6. The molecular formula is C14H19NO5. The van der Waals surface area contributed by atoms with Crippen molar-refractivity contribution in [3.05, 3.63) is 17.7 Å². The molecule has 0 aliphatic carbocycles. The van der Waals surface area contributed by atoms with Crippen molar-refractivity contribution in [3.8, 4) is 17.2 Å². The van der Waals surface area contributed by atoms with Crippen molar-refractivity contribution in [2.45, 2.75) is 6.92 Å². The van der Waals surface area contributed by atoms with Crippen LogP contribution >= 0.6 is 0 Å². The second-order valence-electron chi connectivity index (χ2n) is 4.46. The van der Waals surface area contributed by atoms with Gasteiger partial charge in [0.15, 0.2) is 17.3 Å². The molecule has 1 aromatic rings. The summed E-state index contributed by atoms with van der Waals surface area (Å²) < 4.78 is 15.4. The van der Waals surface area contributed by atoms with Crippen LogP contribution in [-0.2, 0) is 4.79 Å². The maximum atomic E-state index is 12.1. The Hall–Kier alpha value is -2.08. The molecule has 0 atom stereocenters. The number of carbonyl (C=O) groups is 2. The average Bonchev–Trinajstić information content (AvgIpc) is 2.37. The Kier molecular flexibility index (Phi) is 5.52. The van der Waals surface area contributed by atoms with Gasteiger partial charge >= 0.3 is 5.97 Å². The second kappa shape index (κ2) is 6.91. The van der Waals surface area contributed by atoms with Gasteiger partial charge in [0.2, 0.25) is 5.75 Å². The Bertz CT molecular complexity index is 485. The van der Waals surface area contributed by atoms with Gasteiger partial charge < -0.3 is 19.1 Å². The minimum absolute atomic E-state index is 0.0824. The van der Waals surface area contributed by atoms with Gasteiger partial charge in [0.1, 0.15) is 0 Å². The lowest BCUT2D eigenvalue weighted by atomic mass is 10.1. The molecule has 1 aromatic carbocycles. The summed E-state index contributed by atoms with van der Waals surface area (Å²) >= 11 is 0. The van der Waals surface area contributed by atoms with Crippen LogP contribution in [0.4, 0.5) is 0 Å². The number of Topliss-reactive ketones (excluding diaryl/α,β-unsaturated/α-hetero) is 1. The molecule has 6 nitrogen and oxygen atoms in total. The van der Waals surface area contributed by atoms with Crippen molar-refractivity contribution in [2.75, 3.05) is 34.9 Å². The van der Waals surface area contributed by atoms with Gasteiger partial charge in [-0.05, 0) is 26.2 Å². The number of methoxy groups -OCH3 is 2. The number of ether oxygens (including phenoxy) is 3. The van der Waals surface area contributed by atoms with Crippen LogP contribution in [0.1, 0.15) is 17.3 Å². The Labute approximate surface area is 118 Å². The van der Waals surface area contributed by atoms with Gasteiger partial charge in [-0.1, -0.05) is 0 Å². The van der Waals surface area contributed by atoms with E-state index in [0.29, 0.717) is 5.56 Å². The molecule has 110 valence electrons. The van der Waals surface area contributed by atoms with E-state index in [9.17, 15) is 9.59 Å². The van der Waals surface area contributed by atoms with Crippen LogP contribution in [-0.4, -0.2) is 51.5 Å². The highest BCUT2D eigenvalue weighted by Crippen LogP contribution is 2.38. The van der Waals surface area contributed by atoms with E-state index in [1.165, 1.54) is 33.3 Å². The number of ketones is 1.